The van der Waals surface area contributed by atoms with Crippen LogP contribution in [0.3, 0.4) is 0 Å². The van der Waals surface area contributed by atoms with Crippen molar-refractivity contribution >= 4 is 0 Å². The van der Waals surface area contributed by atoms with Gasteiger partial charge < -0.3 is 5.73 Å². The largest absolute Gasteiger partial charge is 0.330 e. The standard InChI is InChI=1S/C16H23N3O/c17-4-3-14-1-2-15(20)19(18-14)16-12-6-10-5-11(8-12)9-13(16)7-10/h1-2,10-13,16H,3-9,17H2. The summed E-state index contributed by atoms with van der Waals surface area (Å²) in [5.41, 5.74) is 6.65. The van der Waals surface area contributed by atoms with Crippen LogP contribution < -0.4 is 11.3 Å². The van der Waals surface area contributed by atoms with Gasteiger partial charge in [0.25, 0.3) is 5.56 Å². The van der Waals surface area contributed by atoms with Crippen molar-refractivity contribution in [2.75, 3.05) is 6.54 Å². The van der Waals surface area contributed by atoms with Crippen LogP contribution in [0.25, 0.3) is 0 Å². The third-order valence-electron chi connectivity index (χ3n) is 5.74. The Kier molecular flexibility index (Phi) is 2.95. The zero-order valence-corrected chi connectivity index (χ0v) is 11.9. The molecule has 1 aromatic rings. The van der Waals surface area contributed by atoms with Gasteiger partial charge >= 0.3 is 0 Å². The highest BCUT2D eigenvalue weighted by atomic mass is 16.1. The van der Waals surface area contributed by atoms with Gasteiger partial charge in [-0.3, -0.25) is 4.79 Å². The second-order valence-electron chi connectivity index (χ2n) is 7.07. The normalized spacial score (nSPS) is 38.4. The topological polar surface area (TPSA) is 60.9 Å². The molecule has 0 aromatic carbocycles. The van der Waals surface area contributed by atoms with Crippen LogP contribution >= 0.6 is 0 Å². The molecule has 0 amide bonds. The molecule has 4 fully saturated rings. The Morgan fingerprint density at radius 2 is 1.75 bits per heavy atom. The molecular weight excluding hydrogens is 250 g/mol. The first kappa shape index (κ1) is 12.6. The molecule has 108 valence electrons. The van der Waals surface area contributed by atoms with E-state index >= 15 is 0 Å². The van der Waals surface area contributed by atoms with Crippen LogP contribution in [-0.2, 0) is 6.42 Å². The summed E-state index contributed by atoms with van der Waals surface area (Å²) in [6.45, 7) is 0.590. The summed E-state index contributed by atoms with van der Waals surface area (Å²) in [7, 11) is 0. The first-order chi connectivity index (χ1) is 9.74. The summed E-state index contributed by atoms with van der Waals surface area (Å²) < 4.78 is 1.82. The van der Waals surface area contributed by atoms with E-state index in [4.69, 9.17) is 5.73 Å². The minimum Gasteiger partial charge on any atom is -0.330 e. The van der Waals surface area contributed by atoms with Crippen LogP contribution in [0.1, 0.15) is 43.8 Å². The molecule has 0 radical (unpaired) electrons. The summed E-state index contributed by atoms with van der Waals surface area (Å²) in [5, 5.41) is 4.63. The highest BCUT2D eigenvalue weighted by Gasteiger charge is 2.49. The van der Waals surface area contributed by atoms with E-state index in [1.165, 1.54) is 32.1 Å². The predicted octanol–water partition coefficient (Wildman–Crippen LogP) is 1.74. The van der Waals surface area contributed by atoms with E-state index in [0.29, 0.717) is 24.4 Å². The Labute approximate surface area is 119 Å². The predicted molar refractivity (Wildman–Crippen MR) is 77.3 cm³/mol. The average molecular weight is 273 g/mol. The molecule has 4 heteroatoms. The molecule has 0 spiro atoms. The van der Waals surface area contributed by atoms with Crippen molar-refractivity contribution < 1.29 is 0 Å². The molecule has 0 unspecified atom stereocenters. The van der Waals surface area contributed by atoms with Crippen molar-refractivity contribution in [2.24, 2.45) is 29.4 Å². The van der Waals surface area contributed by atoms with E-state index in [1.807, 2.05) is 10.7 Å². The van der Waals surface area contributed by atoms with Gasteiger partial charge in [0, 0.05) is 12.5 Å². The zero-order chi connectivity index (χ0) is 13.7. The van der Waals surface area contributed by atoms with Crippen LogP contribution in [0.4, 0.5) is 0 Å². The lowest BCUT2D eigenvalue weighted by Gasteiger charge is -2.54. The van der Waals surface area contributed by atoms with Crippen LogP contribution in [0.5, 0.6) is 0 Å². The van der Waals surface area contributed by atoms with Gasteiger partial charge in [0.2, 0.25) is 0 Å². The molecule has 1 aromatic heterocycles. The second kappa shape index (κ2) is 4.69. The molecule has 4 saturated carbocycles. The number of nitrogens with zero attached hydrogens (tertiary/aromatic N) is 2. The fraction of sp³-hybridized carbons (Fsp3) is 0.750. The lowest BCUT2D eigenvalue weighted by Crippen LogP contribution is -2.48. The van der Waals surface area contributed by atoms with E-state index in [2.05, 4.69) is 5.10 Å². The second-order valence-corrected chi connectivity index (χ2v) is 7.07. The maximum absolute atomic E-state index is 12.3. The number of aromatic nitrogens is 2. The summed E-state index contributed by atoms with van der Waals surface area (Å²) >= 11 is 0. The Balaban J connectivity index is 1.70. The first-order valence-electron chi connectivity index (χ1n) is 8.03. The van der Waals surface area contributed by atoms with E-state index in [0.717, 1.165) is 24.0 Å². The summed E-state index contributed by atoms with van der Waals surface area (Å²) in [6, 6.07) is 3.87. The Bertz CT molecular complexity index is 537. The fourth-order valence-corrected chi connectivity index (χ4v) is 5.26. The van der Waals surface area contributed by atoms with Gasteiger partial charge in [0.15, 0.2) is 0 Å². The number of rotatable bonds is 3. The molecule has 5 rings (SSSR count). The minimum atomic E-state index is 0.0724. The monoisotopic (exact) mass is 273 g/mol. The van der Waals surface area contributed by atoms with Crippen LogP contribution in [0.2, 0.25) is 0 Å². The van der Waals surface area contributed by atoms with Gasteiger partial charge in [-0.15, -0.1) is 0 Å². The third kappa shape index (κ3) is 1.93. The van der Waals surface area contributed by atoms with E-state index in [9.17, 15) is 4.79 Å². The quantitative estimate of drug-likeness (QED) is 0.912. The van der Waals surface area contributed by atoms with E-state index in [-0.39, 0.29) is 5.56 Å². The zero-order valence-electron chi connectivity index (χ0n) is 11.9. The van der Waals surface area contributed by atoms with Crippen molar-refractivity contribution in [2.45, 2.75) is 44.6 Å². The van der Waals surface area contributed by atoms with E-state index < -0.39 is 0 Å². The SMILES string of the molecule is NCCc1ccc(=O)n(C2C3CC4CC(C3)CC2C4)n1. The number of hydrogen-bond acceptors (Lipinski definition) is 3. The fourth-order valence-electron chi connectivity index (χ4n) is 5.26. The molecule has 0 atom stereocenters. The number of nitrogens with two attached hydrogens (primary N) is 1. The average Bonchev–Trinajstić information content (AvgIpc) is 2.41. The third-order valence-corrected chi connectivity index (χ3v) is 5.74. The van der Waals surface area contributed by atoms with Gasteiger partial charge in [0.05, 0.1) is 11.7 Å². The Hall–Kier alpha value is -1.16. The van der Waals surface area contributed by atoms with Crippen molar-refractivity contribution in [1.29, 1.82) is 0 Å². The van der Waals surface area contributed by atoms with Crippen LogP contribution in [0, 0.1) is 23.7 Å². The first-order valence-corrected chi connectivity index (χ1v) is 8.03. The van der Waals surface area contributed by atoms with Gasteiger partial charge in [-0.25, -0.2) is 4.68 Å². The molecule has 4 nitrogen and oxygen atoms in total. The lowest BCUT2D eigenvalue weighted by molar-refractivity contribution is -0.0356. The number of hydrogen-bond donors (Lipinski definition) is 1. The van der Waals surface area contributed by atoms with Crippen molar-refractivity contribution in [3.05, 3.63) is 28.2 Å². The van der Waals surface area contributed by atoms with Gasteiger partial charge in [-0.05, 0) is 68.4 Å². The molecule has 2 N–H and O–H groups in total. The van der Waals surface area contributed by atoms with Crippen LogP contribution in [0.15, 0.2) is 16.9 Å². The van der Waals surface area contributed by atoms with Crippen molar-refractivity contribution in [3.8, 4) is 0 Å². The molecule has 4 aliphatic rings. The van der Waals surface area contributed by atoms with Crippen molar-refractivity contribution in [1.82, 2.24) is 9.78 Å². The summed E-state index contributed by atoms with van der Waals surface area (Å²) in [4.78, 5) is 12.3. The molecule has 0 saturated heterocycles. The Morgan fingerprint density at radius 3 is 2.35 bits per heavy atom. The highest BCUT2D eigenvalue weighted by Crippen LogP contribution is 2.57. The van der Waals surface area contributed by atoms with Gasteiger partial charge in [-0.1, -0.05) is 0 Å². The highest BCUT2D eigenvalue weighted by molar-refractivity contribution is 5.05. The maximum Gasteiger partial charge on any atom is 0.267 e. The molecule has 0 aliphatic heterocycles. The smallest absolute Gasteiger partial charge is 0.267 e. The molecular formula is C16H23N3O. The summed E-state index contributed by atoms with van der Waals surface area (Å²) in [5.74, 6) is 3.22. The van der Waals surface area contributed by atoms with Crippen LogP contribution in [-0.4, -0.2) is 16.3 Å². The van der Waals surface area contributed by atoms with Crippen molar-refractivity contribution in [3.63, 3.8) is 0 Å². The summed E-state index contributed by atoms with van der Waals surface area (Å²) in [6.07, 6.45) is 7.45. The maximum atomic E-state index is 12.3. The molecule has 4 bridgehead atoms. The van der Waals surface area contributed by atoms with Gasteiger partial charge in [0.1, 0.15) is 0 Å². The Morgan fingerprint density at radius 1 is 1.10 bits per heavy atom. The molecule has 20 heavy (non-hydrogen) atoms. The van der Waals surface area contributed by atoms with E-state index in [1.54, 1.807) is 6.07 Å². The molecule has 4 aliphatic carbocycles. The van der Waals surface area contributed by atoms with Gasteiger partial charge in [-0.2, -0.15) is 5.10 Å². The minimum absolute atomic E-state index is 0.0724. The molecule has 1 heterocycles. The lowest BCUT2D eigenvalue weighted by atomic mass is 9.54.